The van der Waals surface area contributed by atoms with Crippen molar-refractivity contribution in [2.75, 3.05) is 25.2 Å². The summed E-state index contributed by atoms with van der Waals surface area (Å²) in [6.45, 7) is 1.89. The van der Waals surface area contributed by atoms with Crippen molar-refractivity contribution in [3.05, 3.63) is 46.3 Å². The molecule has 1 aromatic heterocycles. The molecule has 0 saturated carbocycles. The van der Waals surface area contributed by atoms with Gasteiger partial charge in [0.05, 0.1) is 10.6 Å². The Labute approximate surface area is 155 Å². The van der Waals surface area contributed by atoms with E-state index in [1.807, 2.05) is 30.1 Å². The first-order valence-corrected chi connectivity index (χ1v) is 8.92. The Morgan fingerprint density at radius 2 is 2.24 bits per heavy atom. The predicted molar refractivity (Wildman–Crippen MR) is 97.5 cm³/mol. The van der Waals surface area contributed by atoms with Gasteiger partial charge in [0.2, 0.25) is 0 Å². The highest BCUT2D eigenvalue weighted by Crippen LogP contribution is 2.31. The Hall–Kier alpha value is -2.17. The van der Waals surface area contributed by atoms with Crippen LogP contribution >= 0.6 is 15.9 Å². The molecule has 0 amide bonds. The highest BCUT2D eigenvalue weighted by atomic mass is 79.9. The third kappa shape index (κ3) is 4.27. The van der Waals surface area contributed by atoms with Crippen LogP contribution < -0.4 is 9.64 Å². The fourth-order valence-electron chi connectivity index (χ4n) is 2.81. The Kier molecular flexibility index (Phi) is 5.84. The van der Waals surface area contributed by atoms with Gasteiger partial charge in [-0.15, -0.1) is 0 Å². The van der Waals surface area contributed by atoms with E-state index in [0.717, 1.165) is 35.2 Å². The summed E-state index contributed by atoms with van der Waals surface area (Å²) in [5, 5.41) is 9.21. The first-order chi connectivity index (χ1) is 12.2. The molecule has 25 heavy (non-hydrogen) atoms. The number of ether oxygens (including phenoxy) is 2. The molecular formula is C18H19BrN4O2. The molecule has 2 aromatic rings. The van der Waals surface area contributed by atoms with Crippen LogP contribution in [0.25, 0.3) is 0 Å². The van der Waals surface area contributed by atoms with Gasteiger partial charge in [-0.25, -0.2) is 9.97 Å². The Balaban J connectivity index is 1.77. The lowest BCUT2D eigenvalue weighted by molar-refractivity contribution is 0.0673. The Morgan fingerprint density at radius 3 is 3.00 bits per heavy atom. The monoisotopic (exact) mass is 402 g/mol. The van der Waals surface area contributed by atoms with Gasteiger partial charge in [0.25, 0.3) is 0 Å². The van der Waals surface area contributed by atoms with Crippen LogP contribution in [0.4, 0.5) is 5.82 Å². The number of rotatable bonds is 6. The second kappa shape index (κ2) is 8.28. The van der Waals surface area contributed by atoms with E-state index < -0.39 is 0 Å². The normalized spacial score (nSPS) is 16.4. The van der Waals surface area contributed by atoms with E-state index >= 15 is 0 Å². The molecule has 0 bridgehead atoms. The molecule has 130 valence electrons. The lowest BCUT2D eigenvalue weighted by Gasteiger charge is -2.22. The van der Waals surface area contributed by atoms with Gasteiger partial charge in [-0.3, -0.25) is 0 Å². The summed E-state index contributed by atoms with van der Waals surface area (Å²) in [6, 6.07) is 8.01. The van der Waals surface area contributed by atoms with Crippen molar-refractivity contribution in [1.29, 1.82) is 5.26 Å². The van der Waals surface area contributed by atoms with E-state index in [1.165, 1.54) is 6.20 Å². The lowest BCUT2D eigenvalue weighted by atomic mass is 10.2. The van der Waals surface area contributed by atoms with Crippen LogP contribution in [0, 0.1) is 11.3 Å². The fraction of sp³-hybridized carbons (Fsp3) is 0.389. The predicted octanol–water partition coefficient (Wildman–Crippen LogP) is 3.30. The third-order valence-corrected chi connectivity index (χ3v) is 4.66. The molecule has 6 nitrogen and oxygen atoms in total. The summed E-state index contributed by atoms with van der Waals surface area (Å²) in [5.74, 6) is 1.35. The molecule has 7 heteroatoms. The maximum absolute atomic E-state index is 9.21. The van der Waals surface area contributed by atoms with Crippen LogP contribution in [-0.2, 0) is 11.3 Å². The number of hydrogen-bond acceptors (Lipinski definition) is 6. The van der Waals surface area contributed by atoms with E-state index in [4.69, 9.17) is 9.47 Å². The van der Waals surface area contributed by atoms with Gasteiger partial charge >= 0.3 is 0 Å². The zero-order valence-corrected chi connectivity index (χ0v) is 15.6. The Morgan fingerprint density at radius 1 is 1.40 bits per heavy atom. The summed E-state index contributed by atoms with van der Waals surface area (Å²) in [5.41, 5.74) is 1.31. The molecule has 1 saturated heterocycles. The average Bonchev–Trinajstić information content (AvgIpc) is 3.14. The smallest absolute Gasteiger partial charge is 0.183 e. The van der Waals surface area contributed by atoms with Crippen molar-refractivity contribution < 1.29 is 9.47 Å². The molecule has 1 unspecified atom stereocenters. The topological polar surface area (TPSA) is 71.3 Å². The van der Waals surface area contributed by atoms with Gasteiger partial charge in [-0.2, -0.15) is 5.26 Å². The standard InChI is InChI=1S/C18H19BrN4O2/c1-23(18-16(10-20)21-7-8-22-18)11-13-4-2-6-15(19)17(13)25-12-14-5-3-9-24-14/h2,4,6-8,14H,3,5,9,11-12H2,1H3. The molecule has 1 aromatic carbocycles. The molecule has 0 aliphatic carbocycles. The van der Waals surface area contributed by atoms with E-state index in [-0.39, 0.29) is 6.10 Å². The van der Waals surface area contributed by atoms with Crippen molar-refractivity contribution in [1.82, 2.24) is 9.97 Å². The molecule has 0 N–H and O–H groups in total. The first-order valence-electron chi connectivity index (χ1n) is 8.13. The Bertz CT molecular complexity index is 772. The van der Waals surface area contributed by atoms with Crippen molar-refractivity contribution in [2.45, 2.75) is 25.5 Å². The minimum atomic E-state index is 0.155. The molecular weight excluding hydrogens is 384 g/mol. The van der Waals surface area contributed by atoms with Crippen molar-refractivity contribution in [3.8, 4) is 11.8 Å². The van der Waals surface area contributed by atoms with E-state index in [9.17, 15) is 5.26 Å². The van der Waals surface area contributed by atoms with Crippen molar-refractivity contribution in [3.63, 3.8) is 0 Å². The summed E-state index contributed by atoms with van der Waals surface area (Å²) in [6.07, 6.45) is 5.38. The zero-order chi connectivity index (χ0) is 17.6. The molecule has 1 aliphatic rings. The highest BCUT2D eigenvalue weighted by Gasteiger charge is 2.19. The lowest BCUT2D eigenvalue weighted by Crippen LogP contribution is -2.21. The summed E-state index contributed by atoms with van der Waals surface area (Å²) in [4.78, 5) is 10.2. The van der Waals surface area contributed by atoms with E-state index in [0.29, 0.717) is 24.7 Å². The molecule has 0 spiro atoms. The molecule has 1 atom stereocenters. The minimum Gasteiger partial charge on any atom is -0.489 e. The van der Waals surface area contributed by atoms with Crippen molar-refractivity contribution >= 4 is 21.7 Å². The summed E-state index contributed by atoms with van der Waals surface area (Å²) < 4.78 is 12.6. The second-order valence-corrected chi connectivity index (χ2v) is 6.72. The van der Waals surface area contributed by atoms with Gasteiger partial charge in [-0.1, -0.05) is 12.1 Å². The number of hydrogen-bond donors (Lipinski definition) is 0. The van der Waals surface area contributed by atoms with Crippen LogP contribution in [-0.4, -0.2) is 36.3 Å². The zero-order valence-electron chi connectivity index (χ0n) is 14.0. The average molecular weight is 403 g/mol. The van der Waals surface area contributed by atoms with Crippen molar-refractivity contribution in [2.24, 2.45) is 0 Å². The number of halogens is 1. The first kappa shape index (κ1) is 17.6. The fourth-order valence-corrected chi connectivity index (χ4v) is 3.33. The van der Waals surface area contributed by atoms with Gasteiger partial charge in [0.1, 0.15) is 18.4 Å². The SMILES string of the molecule is CN(Cc1cccc(Br)c1OCC1CCCO1)c1nccnc1C#N. The number of aromatic nitrogens is 2. The minimum absolute atomic E-state index is 0.155. The van der Waals surface area contributed by atoms with Crippen LogP contribution in [0.3, 0.4) is 0 Å². The molecule has 1 fully saturated rings. The quantitative estimate of drug-likeness (QED) is 0.737. The maximum Gasteiger partial charge on any atom is 0.183 e. The van der Waals surface area contributed by atoms with Crippen LogP contribution in [0.5, 0.6) is 5.75 Å². The number of para-hydroxylation sites is 1. The van der Waals surface area contributed by atoms with Gasteiger partial charge in [0.15, 0.2) is 11.5 Å². The van der Waals surface area contributed by atoms with E-state index in [1.54, 1.807) is 6.20 Å². The molecule has 0 radical (unpaired) electrons. The molecule has 3 rings (SSSR count). The number of nitriles is 1. The number of nitrogens with zero attached hydrogens (tertiary/aromatic N) is 4. The number of benzene rings is 1. The largest absolute Gasteiger partial charge is 0.489 e. The summed E-state index contributed by atoms with van der Waals surface area (Å²) in [7, 11) is 1.88. The third-order valence-electron chi connectivity index (χ3n) is 4.04. The van der Waals surface area contributed by atoms with Gasteiger partial charge < -0.3 is 14.4 Å². The van der Waals surface area contributed by atoms with Gasteiger partial charge in [0, 0.05) is 38.2 Å². The van der Waals surface area contributed by atoms with Crippen LogP contribution in [0.1, 0.15) is 24.1 Å². The number of anilines is 1. The van der Waals surface area contributed by atoms with E-state index in [2.05, 4.69) is 32.0 Å². The molecule has 1 aliphatic heterocycles. The molecule has 2 heterocycles. The highest BCUT2D eigenvalue weighted by molar-refractivity contribution is 9.10. The second-order valence-electron chi connectivity index (χ2n) is 5.87. The van der Waals surface area contributed by atoms with Gasteiger partial charge in [-0.05, 0) is 34.8 Å². The summed E-state index contributed by atoms with van der Waals surface area (Å²) >= 11 is 3.57. The van der Waals surface area contributed by atoms with Crippen LogP contribution in [0.2, 0.25) is 0 Å². The van der Waals surface area contributed by atoms with Crippen LogP contribution in [0.15, 0.2) is 35.1 Å². The maximum atomic E-state index is 9.21.